The highest BCUT2D eigenvalue weighted by Crippen LogP contribution is 2.34. The first-order chi connectivity index (χ1) is 11.7. The molecule has 25 heavy (non-hydrogen) atoms. The van der Waals surface area contributed by atoms with Gasteiger partial charge in [-0.3, -0.25) is 0 Å². The molecule has 0 unspecified atom stereocenters. The highest BCUT2D eigenvalue weighted by Gasteiger charge is 2.32. The van der Waals surface area contributed by atoms with Crippen LogP contribution in [0.5, 0.6) is 0 Å². The van der Waals surface area contributed by atoms with E-state index < -0.39 is 18.4 Å². The molecule has 1 heterocycles. The van der Waals surface area contributed by atoms with Crippen molar-refractivity contribution in [3.8, 4) is 0 Å². The summed E-state index contributed by atoms with van der Waals surface area (Å²) in [7, 11) is 0. The fourth-order valence-electron chi connectivity index (χ4n) is 2.86. The molecule has 8 heteroatoms. The number of hydrogen-bond acceptors (Lipinski definition) is 2. The van der Waals surface area contributed by atoms with Crippen molar-refractivity contribution < 1.29 is 17.6 Å². The molecule has 3 rings (SSSR count). The number of nitrogens with two attached hydrogens (primary N) is 1. The Hall–Kier alpha value is -2.09. The molecular formula is C17H14BrF4N3. The topological polar surface area (TPSA) is 43.8 Å². The van der Waals surface area contributed by atoms with E-state index in [4.69, 9.17) is 5.73 Å². The van der Waals surface area contributed by atoms with E-state index >= 15 is 0 Å². The van der Waals surface area contributed by atoms with Crippen LogP contribution in [-0.4, -0.2) is 9.55 Å². The third kappa shape index (κ3) is 3.22. The Balaban J connectivity index is 2.16. The highest BCUT2D eigenvalue weighted by atomic mass is 79.9. The average Bonchev–Trinajstić information content (AvgIpc) is 2.86. The molecule has 0 saturated carbocycles. The van der Waals surface area contributed by atoms with Gasteiger partial charge >= 0.3 is 6.18 Å². The zero-order valence-corrected chi connectivity index (χ0v) is 14.7. The van der Waals surface area contributed by atoms with Crippen molar-refractivity contribution in [2.45, 2.75) is 26.3 Å². The maximum Gasteiger partial charge on any atom is 0.416 e. The molecular weight excluding hydrogens is 402 g/mol. The number of rotatable bonds is 3. The van der Waals surface area contributed by atoms with Crippen LogP contribution in [0.2, 0.25) is 0 Å². The van der Waals surface area contributed by atoms with Gasteiger partial charge in [-0.2, -0.15) is 13.2 Å². The Kier molecular flexibility index (Phi) is 4.49. The minimum Gasteiger partial charge on any atom is -0.399 e. The molecule has 0 aliphatic carbocycles. The molecule has 0 aliphatic rings. The summed E-state index contributed by atoms with van der Waals surface area (Å²) in [5.74, 6) is 0.137. The minimum absolute atomic E-state index is 0.0708. The number of nitrogen functional groups attached to an aromatic ring is 1. The van der Waals surface area contributed by atoms with E-state index in [2.05, 4.69) is 20.9 Å². The van der Waals surface area contributed by atoms with E-state index in [0.717, 1.165) is 6.07 Å². The monoisotopic (exact) mass is 415 g/mol. The van der Waals surface area contributed by atoms with Gasteiger partial charge in [-0.1, -0.05) is 12.1 Å². The van der Waals surface area contributed by atoms with Crippen LogP contribution in [0.4, 0.5) is 23.2 Å². The molecule has 0 spiro atoms. The third-order valence-corrected chi connectivity index (χ3v) is 4.71. The van der Waals surface area contributed by atoms with E-state index in [0.29, 0.717) is 26.8 Å². The molecule has 3 aromatic rings. The highest BCUT2D eigenvalue weighted by molar-refractivity contribution is 9.10. The van der Waals surface area contributed by atoms with Gasteiger partial charge in [-0.15, -0.1) is 0 Å². The van der Waals surface area contributed by atoms with Crippen LogP contribution in [0.25, 0.3) is 11.0 Å². The first-order valence-electron chi connectivity index (χ1n) is 7.38. The quantitative estimate of drug-likeness (QED) is 0.470. The molecule has 0 amide bonds. The van der Waals surface area contributed by atoms with Crippen molar-refractivity contribution in [2.24, 2.45) is 0 Å². The molecule has 0 fully saturated rings. The lowest BCUT2D eigenvalue weighted by Gasteiger charge is -2.15. The lowest BCUT2D eigenvalue weighted by Crippen LogP contribution is -2.11. The molecule has 0 aliphatic heterocycles. The minimum atomic E-state index is -4.44. The van der Waals surface area contributed by atoms with Gasteiger partial charge < -0.3 is 10.3 Å². The van der Waals surface area contributed by atoms with Crippen LogP contribution in [0.3, 0.4) is 0 Å². The van der Waals surface area contributed by atoms with Gasteiger partial charge in [0.2, 0.25) is 0 Å². The summed E-state index contributed by atoms with van der Waals surface area (Å²) in [6.07, 6.45) is -4.44. The third-order valence-electron chi connectivity index (χ3n) is 4.11. The molecule has 0 saturated heterocycles. The van der Waals surface area contributed by atoms with Gasteiger partial charge in [0.15, 0.2) is 0 Å². The summed E-state index contributed by atoms with van der Waals surface area (Å²) >= 11 is 3.33. The molecule has 3 nitrogen and oxygen atoms in total. The second-order valence-electron chi connectivity index (χ2n) is 5.71. The van der Waals surface area contributed by atoms with Gasteiger partial charge in [0.1, 0.15) is 18.0 Å². The SMILES string of the molecule is Cc1c(Cn2c(CF)nc3c(Br)cc(N)cc32)cccc1C(F)(F)F. The average molecular weight is 416 g/mol. The molecule has 2 aromatic carbocycles. The van der Waals surface area contributed by atoms with Crippen LogP contribution < -0.4 is 5.73 Å². The summed E-state index contributed by atoms with van der Waals surface area (Å²) in [5.41, 5.74) is 7.24. The maximum absolute atomic E-state index is 13.4. The first-order valence-corrected chi connectivity index (χ1v) is 8.17. The van der Waals surface area contributed by atoms with E-state index in [1.54, 1.807) is 22.8 Å². The molecule has 0 radical (unpaired) electrons. The second-order valence-corrected chi connectivity index (χ2v) is 6.56. The normalized spacial score (nSPS) is 12.1. The van der Waals surface area contributed by atoms with Crippen LogP contribution in [-0.2, 0) is 19.4 Å². The van der Waals surface area contributed by atoms with Crippen molar-refractivity contribution >= 4 is 32.7 Å². The van der Waals surface area contributed by atoms with Crippen molar-refractivity contribution in [3.05, 3.63) is 57.3 Å². The van der Waals surface area contributed by atoms with E-state index in [1.807, 2.05) is 0 Å². The van der Waals surface area contributed by atoms with Gasteiger partial charge in [0, 0.05) is 16.7 Å². The Bertz CT molecular complexity index is 947. The molecule has 132 valence electrons. The lowest BCUT2D eigenvalue weighted by atomic mass is 10.0. The smallest absolute Gasteiger partial charge is 0.399 e. The molecule has 0 bridgehead atoms. The number of imidazole rings is 1. The largest absolute Gasteiger partial charge is 0.416 e. The summed E-state index contributed by atoms with van der Waals surface area (Å²) in [5, 5.41) is 0. The van der Waals surface area contributed by atoms with Gasteiger partial charge in [0.05, 0.1) is 11.1 Å². The number of nitrogens with zero attached hydrogens (tertiary/aromatic N) is 2. The zero-order chi connectivity index (χ0) is 18.4. The fourth-order valence-corrected chi connectivity index (χ4v) is 3.42. The summed E-state index contributed by atoms with van der Waals surface area (Å²) < 4.78 is 54.9. The summed E-state index contributed by atoms with van der Waals surface area (Å²) in [6.45, 7) is 0.650. The Morgan fingerprint density at radius 3 is 2.60 bits per heavy atom. The van der Waals surface area contributed by atoms with Crippen LogP contribution in [0, 0.1) is 6.92 Å². The number of halogens is 5. The number of alkyl halides is 4. The Labute approximate surface area is 149 Å². The number of aromatic nitrogens is 2. The Morgan fingerprint density at radius 2 is 1.96 bits per heavy atom. The standard InChI is InChI=1S/C17H14BrF4N3/c1-9-10(3-2-4-12(9)17(20,21)22)8-25-14-6-11(23)5-13(18)16(14)24-15(25)7-19/h2-6H,7-8,23H2,1H3. The second kappa shape index (κ2) is 6.33. The number of benzene rings is 2. The van der Waals surface area contributed by atoms with Crippen LogP contribution in [0.1, 0.15) is 22.5 Å². The van der Waals surface area contributed by atoms with Gasteiger partial charge in [-0.25, -0.2) is 9.37 Å². The Morgan fingerprint density at radius 1 is 1.24 bits per heavy atom. The molecule has 2 N–H and O–H groups in total. The predicted molar refractivity (Wildman–Crippen MR) is 91.9 cm³/mol. The van der Waals surface area contributed by atoms with Crippen molar-refractivity contribution in [2.75, 3.05) is 5.73 Å². The van der Waals surface area contributed by atoms with E-state index in [9.17, 15) is 17.6 Å². The van der Waals surface area contributed by atoms with Crippen LogP contribution in [0.15, 0.2) is 34.8 Å². The summed E-state index contributed by atoms with van der Waals surface area (Å²) in [6, 6.07) is 7.27. The fraction of sp³-hybridized carbons (Fsp3) is 0.235. The van der Waals surface area contributed by atoms with E-state index in [1.165, 1.54) is 13.0 Å². The van der Waals surface area contributed by atoms with Crippen molar-refractivity contribution in [1.82, 2.24) is 9.55 Å². The predicted octanol–water partition coefficient (Wildman–Crippen LogP) is 5.23. The zero-order valence-electron chi connectivity index (χ0n) is 13.2. The number of anilines is 1. The summed E-state index contributed by atoms with van der Waals surface area (Å²) in [4.78, 5) is 4.23. The number of fused-ring (bicyclic) bond motifs is 1. The van der Waals surface area contributed by atoms with Crippen LogP contribution >= 0.6 is 15.9 Å². The van der Waals surface area contributed by atoms with Gasteiger partial charge in [-0.05, 0) is 52.2 Å². The molecule has 1 aromatic heterocycles. The van der Waals surface area contributed by atoms with Crippen molar-refractivity contribution in [3.63, 3.8) is 0 Å². The lowest BCUT2D eigenvalue weighted by molar-refractivity contribution is -0.138. The van der Waals surface area contributed by atoms with Crippen molar-refractivity contribution in [1.29, 1.82) is 0 Å². The first kappa shape index (κ1) is 17.7. The number of hydrogen-bond donors (Lipinski definition) is 1. The maximum atomic E-state index is 13.4. The van der Waals surface area contributed by atoms with Gasteiger partial charge in [0.25, 0.3) is 0 Å². The molecule has 0 atom stereocenters. The van der Waals surface area contributed by atoms with E-state index in [-0.39, 0.29) is 17.9 Å².